The van der Waals surface area contributed by atoms with Gasteiger partial charge in [-0.05, 0) is 24.8 Å². The third-order valence-electron chi connectivity index (χ3n) is 2.67. The Bertz CT molecular complexity index is 376. The van der Waals surface area contributed by atoms with Gasteiger partial charge in [0.15, 0.2) is 0 Å². The van der Waals surface area contributed by atoms with Gasteiger partial charge in [-0.3, -0.25) is 4.79 Å². The molecule has 0 bridgehead atoms. The van der Waals surface area contributed by atoms with Crippen molar-refractivity contribution in [3.63, 3.8) is 0 Å². The molecule has 0 saturated carbocycles. The van der Waals surface area contributed by atoms with Crippen molar-refractivity contribution < 1.29 is 4.79 Å². The van der Waals surface area contributed by atoms with Crippen LogP contribution in [0.2, 0.25) is 0 Å². The van der Waals surface area contributed by atoms with E-state index in [2.05, 4.69) is 0 Å². The summed E-state index contributed by atoms with van der Waals surface area (Å²) in [6, 6.07) is 4.02. The number of carbonyl (C=O) groups is 1. The van der Waals surface area contributed by atoms with Crippen molar-refractivity contribution in [2.24, 2.45) is 11.7 Å². The summed E-state index contributed by atoms with van der Waals surface area (Å²) in [4.78, 5) is 15.5. The standard InChI is InChI=1S/C12H18N2OS2/c1-3-10(11(13)16)12(15)14(4-2)8-9-6-5-7-17-9/h5-7,10H,3-4,8H2,1-2H3,(H2,13,16). The van der Waals surface area contributed by atoms with Crippen LogP contribution in [0, 0.1) is 5.92 Å². The van der Waals surface area contributed by atoms with Gasteiger partial charge in [-0.2, -0.15) is 0 Å². The highest BCUT2D eigenvalue weighted by atomic mass is 32.1. The molecule has 0 spiro atoms. The first kappa shape index (κ1) is 14.1. The molecule has 0 radical (unpaired) electrons. The Balaban J connectivity index is 2.72. The quantitative estimate of drug-likeness (QED) is 0.807. The van der Waals surface area contributed by atoms with Gasteiger partial charge in [0.25, 0.3) is 0 Å². The molecular weight excluding hydrogens is 252 g/mol. The number of nitrogens with two attached hydrogens (primary N) is 1. The average Bonchev–Trinajstić information content (AvgIpc) is 2.78. The molecule has 0 fully saturated rings. The van der Waals surface area contributed by atoms with Crippen LogP contribution in [0.3, 0.4) is 0 Å². The highest BCUT2D eigenvalue weighted by Gasteiger charge is 2.24. The molecule has 0 aromatic carbocycles. The number of thiophene rings is 1. The van der Waals surface area contributed by atoms with E-state index in [1.54, 1.807) is 16.2 Å². The molecule has 0 saturated heterocycles. The van der Waals surface area contributed by atoms with E-state index in [-0.39, 0.29) is 11.8 Å². The highest BCUT2D eigenvalue weighted by Crippen LogP contribution is 2.15. The Kier molecular flexibility index (Phi) is 5.58. The summed E-state index contributed by atoms with van der Waals surface area (Å²) in [6.45, 7) is 5.22. The maximum absolute atomic E-state index is 12.2. The van der Waals surface area contributed by atoms with Gasteiger partial charge in [0.1, 0.15) is 0 Å². The van der Waals surface area contributed by atoms with Gasteiger partial charge in [-0.15, -0.1) is 11.3 Å². The van der Waals surface area contributed by atoms with Crippen LogP contribution in [-0.2, 0) is 11.3 Å². The number of hydrogen-bond donors (Lipinski definition) is 1. The minimum atomic E-state index is -0.329. The minimum absolute atomic E-state index is 0.0379. The SMILES string of the molecule is CCC(C(=O)N(CC)Cc1cccs1)C(N)=S. The van der Waals surface area contributed by atoms with Crippen LogP contribution in [0.1, 0.15) is 25.1 Å². The van der Waals surface area contributed by atoms with Crippen LogP contribution >= 0.6 is 23.6 Å². The smallest absolute Gasteiger partial charge is 0.232 e. The van der Waals surface area contributed by atoms with E-state index in [4.69, 9.17) is 18.0 Å². The van der Waals surface area contributed by atoms with E-state index in [0.29, 0.717) is 24.5 Å². The summed E-state index contributed by atoms with van der Waals surface area (Å²) in [7, 11) is 0. The summed E-state index contributed by atoms with van der Waals surface area (Å²) in [5.74, 6) is -0.291. The summed E-state index contributed by atoms with van der Waals surface area (Å²) in [5, 5.41) is 2.01. The topological polar surface area (TPSA) is 46.3 Å². The molecule has 1 aromatic rings. The van der Waals surface area contributed by atoms with Crippen molar-refractivity contribution >= 4 is 34.5 Å². The zero-order valence-electron chi connectivity index (χ0n) is 10.2. The van der Waals surface area contributed by atoms with Gasteiger partial charge in [0, 0.05) is 11.4 Å². The third kappa shape index (κ3) is 3.78. The lowest BCUT2D eigenvalue weighted by Crippen LogP contribution is -2.40. The van der Waals surface area contributed by atoms with Crippen LogP contribution in [0.15, 0.2) is 17.5 Å². The van der Waals surface area contributed by atoms with E-state index >= 15 is 0 Å². The Hall–Kier alpha value is -0.940. The first-order valence-corrected chi connectivity index (χ1v) is 6.99. The molecule has 1 amide bonds. The van der Waals surface area contributed by atoms with Crippen molar-refractivity contribution in [2.45, 2.75) is 26.8 Å². The Labute approximate surface area is 112 Å². The lowest BCUT2D eigenvalue weighted by molar-refractivity contribution is -0.133. The second kappa shape index (κ2) is 6.71. The lowest BCUT2D eigenvalue weighted by Gasteiger charge is -2.24. The van der Waals surface area contributed by atoms with E-state index in [9.17, 15) is 4.79 Å². The van der Waals surface area contributed by atoms with Crippen LogP contribution in [0.4, 0.5) is 0 Å². The molecule has 94 valence electrons. The van der Waals surface area contributed by atoms with Crippen LogP contribution in [0.25, 0.3) is 0 Å². The number of amides is 1. The van der Waals surface area contributed by atoms with E-state index in [1.807, 2.05) is 31.4 Å². The van der Waals surface area contributed by atoms with Crippen LogP contribution in [-0.4, -0.2) is 22.3 Å². The second-order valence-electron chi connectivity index (χ2n) is 3.79. The first-order valence-electron chi connectivity index (χ1n) is 5.70. The molecule has 1 unspecified atom stereocenters. The first-order chi connectivity index (χ1) is 8.10. The molecule has 5 heteroatoms. The zero-order valence-corrected chi connectivity index (χ0v) is 11.8. The molecule has 1 heterocycles. The molecule has 0 aliphatic carbocycles. The van der Waals surface area contributed by atoms with Crippen molar-refractivity contribution in [3.8, 4) is 0 Å². The fraction of sp³-hybridized carbons (Fsp3) is 0.500. The van der Waals surface area contributed by atoms with Crippen molar-refractivity contribution in [1.29, 1.82) is 0 Å². The molecule has 1 atom stereocenters. The Morgan fingerprint density at radius 3 is 2.71 bits per heavy atom. The summed E-state index contributed by atoms with van der Waals surface area (Å²) in [5.41, 5.74) is 5.60. The number of hydrogen-bond acceptors (Lipinski definition) is 3. The molecule has 1 rings (SSSR count). The third-order valence-corrected chi connectivity index (χ3v) is 3.82. The van der Waals surface area contributed by atoms with Gasteiger partial charge in [0.2, 0.25) is 5.91 Å². The Morgan fingerprint density at radius 2 is 2.29 bits per heavy atom. The Morgan fingerprint density at radius 1 is 1.59 bits per heavy atom. The van der Waals surface area contributed by atoms with E-state index in [0.717, 1.165) is 0 Å². The maximum Gasteiger partial charge on any atom is 0.232 e. The normalized spacial score (nSPS) is 12.1. The zero-order chi connectivity index (χ0) is 12.8. The van der Waals surface area contributed by atoms with Crippen molar-refractivity contribution in [3.05, 3.63) is 22.4 Å². The fourth-order valence-electron chi connectivity index (χ4n) is 1.65. The summed E-state index contributed by atoms with van der Waals surface area (Å²) >= 11 is 6.59. The molecule has 17 heavy (non-hydrogen) atoms. The largest absolute Gasteiger partial charge is 0.393 e. The molecule has 3 nitrogen and oxygen atoms in total. The van der Waals surface area contributed by atoms with Crippen molar-refractivity contribution in [1.82, 2.24) is 4.90 Å². The van der Waals surface area contributed by atoms with Crippen molar-refractivity contribution in [2.75, 3.05) is 6.54 Å². The molecule has 2 N–H and O–H groups in total. The van der Waals surface area contributed by atoms with Gasteiger partial charge in [0.05, 0.1) is 17.5 Å². The number of thiocarbonyl (C=S) groups is 1. The molecule has 1 aromatic heterocycles. The van der Waals surface area contributed by atoms with Crippen LogP contribution < -0.4 is 5.73 Å². The monoisotopic (exact) mass is 270 g/mol. The molecular formula is C12H18N2OS2. The second-order valence-corrected chi connectivity index (χ2v) is 5.30. The predicted molar refractivity (Wildman–Crippen MR) is 76.0 cm³/mol. The molecule has 0 aliphatic rings. The molecule has 0 aliphatic heterocycles. The van der Waals surface area contributed by atoms with Gasteiger partial charge < -0.3 is 10.6 Å². The predicted octanol–water partition coefficient (Wildman–Crippen LogP) is 2.41. The minimum Gasteiger partial charge on any atom is -0.393 e. The lowest BCUT2D eigenvalue weighted by atomic mass is 10.1. The van der Waals surface area contributed by atoms with Crippen LogP contribution in [0.5, 0.6) is 0 Å². The van der Waals surface area contributed by atoms with E-state index in [1.165, 1.54) is 4.88 Å². The summed E-state index contributed by atoms with van der Waals surface area (Å²) in [6.07, 6.45) is 0.662. The number of nitrogens with zero attached hydrogens (tertiary/aromatic N) is 1. The number of carbonyl (C=O) groups excluding carboxylic acids is 1. The van der Waals surface area contributed by atoms with Gasteiger partial charge in [-0.1, -0.05) is 25.2 Å². The number of rotatable bonds is 6. The summed E-state index contributed by atoms with van der Waals surface area (Å²) < 4.78 is 0. The van der Waals surface area contributed by atoms with Gasteiger partial charge >= 0.3 is 0 Å². The van der Waals surface area contributed by atoms with E-state index < -0.39 is 0 Å². The highest BCUT2D eigenvalue weighted by molar-refractivity contribution is 7.80. The van der Waals surface area contributed by atoms with Gasteiger partial charge in [-0.25, -0.2) is 0 Å². The fourth-order valence-corrected chi connectivity index (χ4v) is 2.64. The average molecular weight is 270 g/mol. The maximum atomic E-state index is 12.2.